The molecule has 1 aliphatic heterocycles. The molecule has 0 aromatic carbocycles. The Bertz CT molecular complexity index is 481. The number of hydrogen-bond donors (Lipinski definition) is 0. The summed E-state index contributed by atoms with van der Waals surface area (Å²) >= 11 is 1.81. The van der Waals surface area contributed by atoms with Gasteiger partial charge < -0.3 is 14.0 Å². The molecule has 1 saturated heterocycles. The molecule has 0 bridgehead atoms. The van der Waals surface area contributed by atoms with Gasteiger partial charge in [-0.15, -0.1) is 0 Å². The van der Waals surface area contributed by atoms with E-state index < -0.39 is 5.92 Å². The van der Waals surface area contributed by atoms with Gasteiger partial charge >= 0.3 is 5.97 Å². The molecule has 1 aliphatic carbocycles. The number of ether oxygens (including phenoxy) is 2. The number of methoxy groups -OCH3 is 1. The zero-order valence-corrected chi connectivity index (χ0v) is 12.9. The largest absolute Gasteiger partial charge is 0.468 e. The Balaban J connectivity index is 1.78. The highest BCUT2D eigenvalue weighted by Crippen LogP contribution is 2.38. The van der Waals surface area contributed by atoms with E-state index in [-0.39, 0.29) is 18.0 Å². The van der Waals surface area contributed by atoms with Crippen LogP contribution in [0.15, 0.2) is 4.52 Å². The van der Waals surface area contributed by atoms with Gasteiger partial charge in [0, 0.05) is 11.5 Å². The van der Waals surface area contributed by atoms with E-state index in [2.05, 4.69) is 10.1 Å². The Hall–Kier alpha value is -1.08. The third kappa shape index (κ3) is 3.23. The van der Waals surface area contributed by atoms with Crippen molar-refractivity contribution < 1.29 is 18.8 Å². The lowest BCUT2D eigenvalue weighted by molar-refractivity contribution is -0.144. The fraction of sp³-hybridized carbons (Fsp3) is 0.786. The molecule has 1 aromatic rings. The third-order valence-corrected chi connectivity index (χ3v) is 5.15. The van der Waals surface area contributed by atoms with Crippen LogP contribution in [-0.4, -0.2) is 41.3 Å². The van der Waals surface area contributed by atoms with Crippen molar-refractivity contribution in [3.63, 3.8) is 0 Å². The monoisotopic (exact) mass is 312 g/mol. The van der Waals surface area contributed by atoms with Gasteiger partial charge in [0.05, 0.1) is 13.7 Å². The van der Waals surface area contributed by atoms with E-state index in [0.717, 1.165) is 37.2 Å². The number of hydrogen-bond acceptors (Lipinski definition) is 7. The van der Waals surface area contributed by atoms with Gasteiger partial charge in [-0.2, -0.15) is 16.7 Å². The van der Waals surface area contributed by atoms with E-state index in [1.54, 1.807) is 0 Å². The summed E-state index contributed by atoms with van der Waals surface area (Å²) in [6.07, 6.45) is 4.16. The Labute approximate surface area is 127 Å². The minimum Gasteiger partial charge on any atom is -0.468 e. The summed E-state index contributed by atoms with van der Waals surface area (Å²) in [6.45, 7) is 0.697. The first-order valence-corrected chi connectivity index (χ1v) is 8.55. The molecule has 6 nitrogen and oxygen atoms in total. The van der Waals surface area contributed by atoms with E-state index in [1.807, 2.05) is 11.8 Å². The summed E-state index contributed by atoms with van der Waals surface area (Å²) in [7, 11) is 1.41. The van der Waals surface area contributed by atoms with Crippen molar-refractivity contribution in [2.75, 3.05) is 25.2 Å². The van der Waals surface area contributed by atoms with Crippen LogP contribution in [0.25, 0.3) is 0 Å². The van der Waals surface area contributed by atoms with Gasteiger partial charge in [-0.05, 0) is 18.8 Å². The molecule has 0 spiro atoms. The van der Waals surface area contributed by atoms with Crippen molar-refractivity contribution >= 4 is 17.7 Å². The molecule has 0 N–H and O–H groups in total. The summed E-state index contributed by atoms with van der Waals surface area (Å²) in [5, 5.41) is 4.02. The Morgan fingerprint density at radius 1 is 1.43 bits per heavy atom. The average Bonchev–Trinajstić information content (AvgIpc) is 3.20. The van der Waals surface area contributed by atoms with Crippen LogP contribution in [0, 0.1) is 5.92 Å². The Morgan fingerprint density at radius 2 is 2.24 bits per heavy atom. The van der Waals surface area contributed by atoms with E-state index in [9.17, 15) is 4.79 Å². The van der Waals surface area contributed by atoms with Gasteiger partial charge in [0.25, 0.3) is 0 Å². The molecular weight excluding hydrogens is 292 g/mol. The molecule has 21 heavy (non-hydrogen) atoms. The lowest BCUT2D eigenvalue weighted by Crippen LogP contribution is -2.22. The molecule has 116 valence electrons. The molecule has 2 aliphatic rings. The molecule has 0 radical (unpaired) electrons. The van der Waals surface area contributed by atoms with Crippen LogP contribution in [0.5, 0.6) is 0 Å². The topological polar surface area (TPSA) is 74.5 Å². The van der Waals surface area contributed by atoms with E-state index >= 15 is 0 Å². The molecule has 2 unspecified atom stereocenters. The second-order valence-corrected chi connectivity index (χ2v) is 6.62. The van der Waals surface area contributed by atoms with Gasteiger partial charge in [-0.3, -0.25) is 4.79 Å². The van der Waals surface area contributed by atoms with Crippen molar-refractivity contribution in [2.45, 2.75) is 37.7 Å². The van der Waals surface area contributed by atoms with Crippen LogP contribution < -0.4 is 0 Å². The normalized spacial score (nSPS) is 24.9. The van der Waals surface area contributed by atoms with Crippen LogP contribution >= 0.6 is 11.8 Å². The number of aromatic nitrogens is 2. The van der Waals surface area contributed by atoms with Crippen LogP contribution in [0.1, 0.15) is 49.4 Å². The predicted molar refractivity (Wildman–Crippen MR) is 77.0 cm³/mol. The zero-order chi connectivity index (χ0) is 14.7. The van der Waals surface area contributed by atoms with E-state index in [4.69, 9.17) is 14.0 Å². The third-order valence-electron chi connectivity index (χ3n) is 4.15. The summed E-state index contributed by atoms with van der Waals surface area (Å²) in [5.74, 6) is 2.27. The van der Waals surface area contributed by atoms with Crippen molar-refractivity contribution in [1.29, 1.82) is 0 Å². The number of thioether (sulfide) groups is 1. The SMILES string of the molecule is COC(=O)C(c1nc(C2CSCCO2)no1)C1CCCC1. The van der Waals surface area contributed by atoms with Crippen LogP contribution in [0.4, 0.5) is 0 Å². The molecule has 2 fully saturated rings. The van der Waals surface area contributed by atoms with Crippen molar-refractivity contribution in [2.24, 2.45) is 5.92 Å². The van der Waals surface area contributed by atoms with Gasteiger partial charge in [0.1, 0.15) is 12.0 Å². The molecule has 1 saturated carbocycles. The molecule has 2 heterocycles. The highest BCUT2D eigenvalue weighted by Gasteiger charge is 2.38. The number of carbonyl (C=O) groups is 1. The lowest BCUT2D eigenvalue weighted by atomic mass is 9.91. The summed E-state index contributed by atoms with van der Waals surface area (Å²) in [4.78, 5) is 16.5. The fourth-order valence-electron chi connectivity index (χ4n) is 3.05. The molecule has 3 rings (SSSR count). The first kappa shape index (κ1) is 14.8. The number of rotatable bonds is 4. The van der Waals surface area contributed by atoms with Gasteiger partial charge in [-0.1, -0.05) is 18.0 Å². The summed E-state index contributed by atoms with van der Waals surface area (Å²) < 4.78 is 15.9. The quantitative estimate of drug-likeness (QED) is 0.790. The average molecular weight is 312 g/mol. The number of nitrogens with zero attached hydrogens (tertiary/aromatic N) is 2. The summed E-state index contributed by atoms with van der Waals surface area (Å²) in [5.41, 5.74) is 0. The maximum absolute atomic E-state index is 12.1. The van der Waals surface area contributed by atoms with Gasteiger partial charge in [0.2, 0.25) is 11.7 Å². The standard InChI is InChI=1S/C14H20N2O4S/c1-18-14(17)11(9-4-2-3-5-9)13-15-12(16-20-13)10-8-21-7-6-19-10/h9-11H,2-8H2,1H3. The highest BCUT2D eigenvalue weighted by molar-refractivity contribution is 7.99. The number of carbonyl (C=O) groups excluding carboxylic acids is 1. The second-order valence-electron chi connectivity index (χ2n) is 5.47. The first-order valence-electron chi connectivity index (χ1n) is 7.40. The summed E-state index contributed by atoms with van der Waals surface area (Å²) in [6, 6.07) is 0. The number of esters is 1. The van der Waals surface area contributed by atoms with Gasteiger partial charge in [0.15, 0.2) is 0 Å². The predicted octanol–water partition coefficient (Wildman–Crippen LogP) is 2.32. The van der Waals surface area contributed by atoms with Crippen LogP contribution in [0.3, 0.4) is 0 Å². The molecule has 1 aromatic heterocycles. The van der Waals surface area contributed by atoms with Crippen molar-refractivity contribution in [3.05, 3.63) is 11.7 Å². The molecule has 0 amide bonds. The van der Waals surface area contributed by atoms with E-state index in [1.165, 1.54) is 7.11 Å². The van der Waals surface area contributed by atoms with E-state index in [0.29, 0.717) is 18.3 Å². The highest BCUT2D eigenvalue weighted by atomic mass is 32.2. The molecule has 7 heteroatoms. The second kappa shape index (κ2) is 6.79. The van der Waals surface area contributed by atoms with Gasteiger partial charge in [-0.25, -0.2) is 0 Å². The van der Waals surface area contributed by atoms with Crippen LogP contribution in [-0.2, 0) is 14.3 Å². The maximum atomic E-state index is 12.1. The Morgan fingerprint density at radius 3 is 2.90 bits per heavy atom. The smallest absolute Gasteiger partial charge is 0.318 e. The minimum absolute atomic E-state index is 0.136. The first-order chi connectivity index (χ1) is 10.3. The lowest BCUT2D eigenvalue weighted by Gasteiger charge is -2.19. The minimum atomic E-state index is -0.435. The maximum Gasteiger partial charge on any atom is 0.318 e. The van der Waals surface area contributed by atoms with Crippen molar-refractivity contribution in [3.8, 4) is 0 Å². The zero-order valence-electron chi connectivity index (χ0n) is 12.1. The van der Waals surface area contributed by atoms with Crippen molar-refractivity contribution in [1.82, 2.24) is 10.1 Å². The van der Waals surface area contributed by atoms with Crippen LogP contribution in [0.2, 0.25) is 0 Å². The molecular formula is C14H20N2O4S. The molecule has 2 atom stereocenters. The Kier molecular flexibility index (Phi) is 4.80. The fourth-order valence-corrected chi connectivity index (χ4v) is 3.89.